The van der Waals surface area contributed by atoms with E-state index in [0.29, 0.717) is 19.6 Å². The van der Waals surface area contributed by atoms with Crippen LogP contribution in [0.5, 0.6) is 0 Å². The largest absolute Gasteiger partial charge is 0.396 e. The fourth-order valence-corrected chi connectivity index (χ4v) is 3.50. The lowest BCUT2D eigenvalue weighted by Gasteiger charge is -2.37. The van der Waals surface area contributed by atoms with Crippen molar-refractivity contribution in [1.29, 1.82) is 0 Å². The average Bonchev–Trinajstić information content (AvgIpc) is 2.53. The van der Waals surface area contributed by atoms with Gasteiger partial charge in [-0.25, -0.2) is 4.79 Å². The lowest BCUT2D eigenvalue weighted by molar-refractivity contribution is -0.127. The Balaban J connectivity index is 1.84. The van der Waals surface area contributed by atoms with Gasteiger partial charge in [-0.1, -0.05) is 19.3 Å². The molecule has 6 heteroatoms. The van der Waals surface area contributed by atoms with E-state index in [1.165, 1.54) is 11.3 Å². The topological polar surface area (TPSA) is 95.7 Å². The fraction of sp³-hybridized carbons (Fsp3) is 0.867. The Hall–Kier alpha value is -1.30. The lowest BCUT2D eigenvalue weighted by atomic mass is 9.74. The maximum absolute atomic E-state index is 12.3. The first kappa shape index (κ1) is 16.1. The Kier molecular flexibility index (Phi) is 5.45. The molecule has 2 rings (SSSR count). The molecule has 0 aromatic heterocycles. The van der Waals surface area contributed by atoms with Crippen LogP contribution in [0.1, 0.15) is 44.9 Å². The first-order chi connectivity index (χ1) is 10.1. The second-order valence-corrected chi connectivity index (χ2v) is 6.56. The predicted molar refractivity (Wildman–Crippen MR) is 79.5 cm³/mol. The number of amides is 3. The molecule has 0 aromatic rings. The van der Waals surface area contributed by atoms with Gasteiger partial charge in [0, 0.05) is 25.0 Å². The molecule has 21 heavy (non-hydrogen) atoms. The van der Waals surface area contributed by atoms with E-state index in [2.05, 4.69) is 5.32 Å². The van der Waals surface area contributed by atoms with E-state index in [9.17, 15) is 14.7 Å². The molecule has 1 saturated carbocycles. The van der Waals surface area contributed by atoms with Crippen LogP contribution < -0.4 is 11.1 Å². The third-order valence-corrected chi connectivity index (χ3v) is 4.99. The number of primary amides is 1. The number of nitrogens with two attached hydrogens (primary N) is 1. The van der Waals surface area contributed by atoms with E-state index in [1.54, 1.807) is 0 Å². The number of carbonyl (C=O) groups excluding carboxylic acids is 2. The van der Waals surface area contributed by atoms with Crippen molar-refractivity contribution in [2.24, 2.45) is 17.1 Å². The molecule has 1 saturated heterocycles. The van der Waals surface area contributed by atoms with Gasteiger partial charge in [-0.2, -0.15) is 0 Å². The van der Waals surface area contributed by atoms with Crippen molar-refractivity contribution in [3.63, 3.8) is 0 Å². The van der Waals surface area contributed by atoms with Crippen LogP contribution in [-0.2, 0) is 4.79 Å². The number of aliphatic hydroxyl groups is 1. The van der Waals surface area contributed by atoms with Gasteiger partial charge >= 0.3 is 6.03 Å². The minimum Gasteiger partial charge on any atom is -0.396 e. The van der Waals surface area contributed by atoms with Gasteiger partial charge in [-0.3, -0.25) is 4.79 Å². The van der Waals surface area contributed by atoms with E-state index >= 15 is 0 Å². The van der Waals surface area contributed by atoms with E-state index in [4.69, 9.17) is 5.73 Å². The summed E-state index contributed by atoms with van der Waals surface area (Å²) in [7, 11) is 0. The van der Waals surface area contributed by atoms with Gasteiger partial charge in [-0.05, 0) is 25.7 Å². The molecule has 3 amide bonds. The lowest BCUT2D eigenvalue weighted by Crippen LogP contribution is -2.49. The highest BCUT2D eigenvalue weighted by molar-refractivity contribution is 5.80. The van der Waals surface area contributed by atoms with Crippen LogP contribution >= 0.6 is 0 Å². The third-order valence-electron chi connectivity index (χ3n) is 4.99. The highest BCUT2D eigenvalue weighted by atomic mass is 16.3. The number of hydrogen-bond acceptors (Lipinski definition) is 3. The maximum Gasteiger partial charge on any atom is 0.314 e. The number of carbonyl (C=O) groups is 2. The average molecular weight is 297 g/mol. The van der Waals surface area contributed by atoms with Crippen molar-refractivity contribution in [2.45, 2.75) is 44.9 Å². The molecule has 2 aliphatic rings. The van der Waals surface area contributed by atoms with Gasteiger partial charge in [-0.15, -0.1) is 0 Å². The molecule has 0 radical (unpaired) electrons. The van der Waals surface area contributed by atoms with E-state index in [1.807, 2.05) is 0 Å². The second kappa shape index (κ2) is 7.11. The first-order valence-corrected chi connectivity index (χ1v) is 7.99. The van der Waals surface area contributed by atoms with Crippen LogP contribution in [0, 0.1) is 11.3 Å². The molecule has 1 aliphatic carbocycles. The molecule has 1 atom stereocenters. The van der Waals surface area contributed by atoms with Gasteiger partial charge < -0.3 is 21.1 Å². The summed E-state index contributed by atoms with van der Waals surface area (Å²) >= 11 is 0. The SMILES string of the molecule is NC(=O)N1CCCC(C(=O)NCC2(CO)CCCCC2)C1. The van der Waals surface area contributed by atoms with Crippen LogP contribution in [-0.4, -0.2) is 48.2 Å². The number of piperidine rings is 1. The molecule has 1 unspecified atom stereocenters. The molecule has 0 spiro atoms. The highest BCUT2D eigenvalue weighted by Gasteiger charge is 2.33. The second-order valence-electron chi connectivity index (χ2n) is 6.56. The molecule has 0 bridgehead atoms. The third kappa shape index (κ3) is 4.09. The summed E-state index contributed by atoms with van der Waals surface area (Å²) in [6.07, 6.45) is 7.01. The van der Waals surface area contributed by atoms with Gasteiger partial charge in [0.15, 0.2) is 0 Å². The molecule has 4 N–H and O–H groups in total. The Morgan fingerprint density at radius 1 is 1.24 bits per heavy atom. The van der Waals surface area contributed by atoms with Crippen molar-refractivity contribution in [2.75, 3.05) is 26.2 Å². The summed E-state index contributed by atoms with van der Waals surface area (Å²) in [6, 6.07) is -0.452. The molecule has 6 nitrogen and oxygen atoms in total. The van der Waals surface area contributed by atoms with Crippen LogP contribution in [0.3, 0.4) is 0 Å². The standard InChI is InChI=1S/C15H27N3O3/c16-14(21)18-8-4-5-12(9-18)13(20)17-10-15(11-19)6-2-1-3-7-15/h12,19H,1-11H2,(H2,16,21)(H,17,20). The number of nitrogens with zero attached hydrogens (tertiary/aromatic N) is 1. The van der Waals surface area contributed by atoms with Crippen molar-refractivity contribution < 1.29 is 14.7 Å². The van der Waals surface area contributed by atoms with Crippen molar-refractivity contribution >= 4 is 11.9 Å². The van der Waals surface area contributed by atoms with E-state index < -0.39 is 6.03 Å². The fourth-order valence-electron chi connectivity index (χ4n) is 3.50. The van der Waals surface area contributed by atoms with Crippen LogP contribution in [0.15, 0.2) is 0 Å². The van der Waals surface area contributed by atoms with Crippen LogP contribution in [0.2, 0.25) is 0 Å². The minimum absolute atomic E-state index is 0.0145. The first-order valence-electron chi connectivity index (χ1n) is 7.99. The number of likely N-dealkylation sites (tertiary alicyclic amines) is 1. The van der Waals surface area contributed by atoms with Gasteiger partial charge in [0.2, 0.25) is 5.91 Å². The van der Waals surface area contributed by atoms with E-state index in [-0.39, 0.29) is 23.8 Å². The Labute approximate surface area is 126 Å². The molecule has 2 fully saturated rings. The Bertz CT molecular complexity index is 380. The summed E-state index contributed by atoms with van der Waals surface area (Å²) in [5.41, 5.74) is 5.14. The monoisotopic (exact) mass is 297 g/mol. The Morgan fingerprint density at radius 2 is 1.95 bits per heavy atom. The van der Waals surface area contributed by atoms with Gasteiger partial charge in [0.05, 0.1) is 12.5 Å². The number of aliphatic hydroxyl groups excluding tert-OH is 1. The smallest absolute Gasteiger partial charge is 0.314 e. The summed E-state index contributed by atoms with van der Waals surface area (Å²) in [5.74, 6) is -0.190. The molecule has 1 aliphatic heterocycles. The van der Waals surface area contributed by atoms with Crippen molar-refractivity contribution in [3.05, 3.63) is 0 Å². The molecule has 120 valence electrons. The minimum atomic E-state index is -0.452. The van der Waals surface area contributed by atoms with Crippen molar-refractivity contribution in [3.8, 4) is 0 Å². The normalized spacial score (nSPS) is 25.4. The molecule has 0 aromatic carbocycles. The summed E-state index contributed by atoms with van der Waals surface area (Å²) in [5, 5.41) is 12.7. The zero-order valence-electron chi connectivity index (χ0n) is 12.6. The molecular weight excluding hydrogens is 270 g/mol. The quantitative estimate of drug-likeness (QED) is 0.717. The van der Waals surface area contributed by atoms with E-state index in [0.717, 1.165) is 38.5 Å². The zero-order valence-corrected chi connectivity index (χ0v) is 12.6. The Morgan fingerprint density at radius 3 is 2.57 bits per heavy atom. The maximum atomic E-state index is 12.3. The summed E-state index contributed by atoms with van der Waals surface area (Å²) in [6.45, 7) is 1.72. The highest BCUT2D eigenvalue weighted by Crippen LogP contribution is 2.35. The van der Waals surface area contributed by atoms with Crippen LogP contribution in [0.4, 0.5) is 4.79 Å². The van der Waals surface area contributed by atoms with Gasteiger partial charge in [0.25, 0.3) is 0 Å². The number of urea groups is 1. The molecular formula is C15H27N3O3. The van der Waals surface area contributed by atoms with Crippen LogP contribution in [0.25, 0.3) is 0 Å². The number of hydrogen-bond donors (Lipinski definition) is 3. The van der Waals surface area contributed by atoms with Crippen molar-refractivity contribution in [1.82, 2.24) is 10.2 Å². The predicted octanol–water partition coefficient (Wildman–Crippen LogP) is 0.836. The summed E-state index contributed by atoms with van der Waals surface area (Å²) in [4.78, 5) is 25.0. The number of rotatable bonds is 4. The zero-order chi connectivity index (χ0) is 15.3. The summed E-state index contributed by atoms with van der Waals surface area (Å²) < 4.78 is 0. The van der Waals surface area contributed by atoms with Gasteiger partial charge in [0.1, 0.15) is 0 Å². The number of nitrogens with one attached hydrogen (secondary N) is 1. The molecule has 1 heterocycles.